The first-order valence-corrected chi connectivity index (χ1v) is 19.0. The van der Waals surface area contributed by atoms with Crippen molar-refractivity contribution < 1.29 is 0 Å². The number of hydrogen-bond donors (Lipinski definition) is 0. The second kappa shape index (κ2) is 28.8. The van der Waals surface area contributed by atoms with E-state index in [1.807, 2.05) is 0 Å². The maximum Gasteiger partial charge on any atom is 0 e. The van der Waals surface area contributed by atoms with E-state index in [1.54, 1.807) is 7.06 Å². The lowest BCUT2D eigenvalue weighted by Crippen LogP contribution is -2.92. The quantitative estimate of drug-likeness (QED) is 0.0758. The minimum absolute atomic E-state index is 1.06. The van der Waals surface area contributed by atoms with Gasteiger partial charge in [0.2, 0.25) is 0 Å². The minimum atomic E-state index is -1.37. The molecule has 0 amide bonds. The predicted octanol–water partition coefficient (Wildman–Crippen LogP) is -22.1. The predicted molar refractivity (Wildman–Crippen MR) is 334 cm³/mol. The molecule has 0 aliphatic rings. The summed E-state index contributed by atoms with van der Waals surface area (Å²) in [4.78, 5) is 0. The van der Waals surface area contributed by atoms with Crippen molar-refractivity contribution in [2.24, 2.45) is 0 Å². The molecule has 0 spiro atoms. The molecule has 174 valence electrons. The minimum Gasteiger partial charge on any atom is 0 e. The SMILES string of the molecule is [B][B]B(B([B])[B])B(B([B])[B])B([B]B(B(B(B([B])[B])B([B])[B])B(B([B])[B])B([B])[B])B(B(B([B])[B])B([B])[B])B(B([B])[B])B([B])[B])B(B(B([B])[B])B([B])[B])B(B([B])[B])B([B])[B]. The van der Waals surface area contributed by atoms with E-state index in [0.29, 0.717) is 0 Å². The Balaban J connectivity index is 9.72. The van der Waals surface area contributed by atoms with Gasteiger partial charge in [0.1, 0.15) is 0 Å². The molecular weight excluding hydrogens is 627 g/mol. The van der Waals surface area contributed by atoms with Crippen molar-refractivity contribution in [1.29, 1.82) is 0 Å². The van der Waals surface area contributed by atoms with Gasteiger partial charge in [0, 0.05) is 411 Å². The standard InChI is InChI=1S/B58/c1-30-46(32(2)3)55(45(28)29)47(56(49(33(4)5)34(6)7)50(35(8)9)36(10)11)31-48(57(51(37(12)13)38(14)15)52(39(16)17)40(18)19)58(53(41(20)21)42(22)23)54(43(24)25)44(26)27. The zero-order valence-electron chi connectivity index (χ0n) is 33.5. The van der Waals surface area contributed by atoms with Crippen LogP contribution in [-0.4, -0.2) is 411 Å². The molecule has 0 rings (SSSR count). The van der Waals surface area contributed by atoms with Crippen molar-refractivity contribution in [1.82, 2.24) is 0 Å². The fourth-order valence-electron chi connectivity index (χ4n) is 9.49. The third-order valence-electron chi connectivity index (χ3n) is 11.8. The van der Waals surface area contributed by atoms with E-state index >= 15 is 0 Å². The van der Waals surface area contributed by atoms with E-state index in [0.717, 1.165) is 0 Å². The molecule has 0 saturated heterocycles. The molecule has 0 bridgehead atoms. The Morgan fingerprint density at radius 3 is 0.448 bits per heavy atom. The molecular formula is B58. The Bertz CT molecular complexity index is 878. The molecule has 0 nitrogen and oxygen atoms in total. The summed E-state index contributed by atoms with van der Waals surface area (Å²) in [6.45, 7) is 0. The smallest absolute Gasteiger partial charge is 0 e. The molecule has 0 aliphatic carbocycles. The third-order valence-corrected chi connectivity index (χ3v) is 11.8. The van der Waals surface area contributed by atoms with Crippen LogP contribution in [0.2, 0.25) is 0 Å². The lowest BCUT2D eigenvalue weighted by atomic mass is 8.28. The van der Waals surface area contributed by atoms with E-state index < -0.39 is 172 Å². The lowest BCUT2D eigenvalue weighted by Gasteiger charge is -2.54. The molecule has 0 fully saturated rings. The molecule has 58 heteroatoms. The summed E-state index contributed by atoms with van der Waals surface area (Å²) in [6, 6.07) is 0. The summed E-state index contributed by atoms with van der Waals surface area (Å²) in [5, 5.41) is 0. The highest BCUT2D eigenvalue weighted by molar-refractivity contribution is 8.33. The van der Waals surface area contributed by atoms with Crippen LogP contribution in [0.1, 0.15) is 0 Å². The molecule has 0 aliphatic heterocycles. The van der Waals surface area contributed by atoms with Gasteiger partial charge in [0.15, 0.2) is 0 Å². The first-order chi connectivity index (χ1) is 26.4. The monoisotopic (exact) mass is 639 g/mol. The van der Waals surface area contributed by atoms with Gasteiger partial charge >= 0.3 is 0 Å². The summed E-state index contributed by atoms with van der Waals surface area (Å²) >= 11 is 0. The van der Waals surface area contributed by atoms with Gasteiger partial charge in [-0.1, -0.05) is 0 Å². The first kappa shape index (κ1) is 61.8. The highest BCUT2D eigenvalue weighted by atomic mass is 13.4. The summed E-state index contributed by atoms with van der Waals surface area (Å²) in [5.74, 6) is 0. The third kappa shape index (κ3) is 17.1. The van der Waals surface area contributed by atoms with Gasteiger partial charge in [-0.15, -0.1) is 0 Å². The lowest BCUT2D eigenvalue weighted by molar-refractivity contribution is 3.22. The van der Waals surface area contributed by atoms with Gasteiger partial charge in [-0.3, -0.25) is 0 Å². The normalized spacial score (nSPS) is 9.66. The van der Waals surface area contributed by atoms with Gasteiger partial charge in [0.05, 0.1) is 0 Å². The number of rotatable bonds is 28. The summed E-state index contributed by atoms with van der Waals surface area (Å²) < 4.78 is 0. The van der Waals surface area contributed by atoms with Crippen LogP contribution in [0.4, 0.5) is 0 Å². The second-order valence-corrected chi connectivity index (χ2v) is 16.0. The number of hydrogen-bond acceptors (Lipinski definition) is 0. The van der Waals surface area contributed by atoms with Gasteiger partial charge < -0.3 is 0 Å². The fraction of sp³-hybridized carbons (Fsp3) is 0. The van der Waals surface area contributed by atoms with Crippen molar-refractivity contribution in [2.75, 3.05) is 0 Å². The molecule has 0 N–H and O–H groups in total. The van der Waals surface area contributed by atoms with Gasteiger partial charge in [0.25, 0.3) is 0 Å². The van der Waals surface area contributed by atoms with Crippen molar-refractivity contribution in [3.8, 4) is 0 Å². The highest BCUT2D eigenvalue weighted by Gasteiger charge is 2.57. The maximum absolute atomic E-state index is 6.65. The molecule has 0 saturated carbocycles. The van der Waals surface area contributed by atoms with Crippen LogP contribution < -0.4 is 0 Å². The van der Waals surface area contributed by atoms with E-state index in [4.69, 9.17) is 224 Å². The van der Waals surface area contributed by atoms with Crippen LogP contribution in [0.15, 0.2) is 0 Å². The first-order valence-electron chi connectivity index (χ1n) is 19.0. The van der Waals surface area contributed by atoms with Gasteiger partial charge in [-0.2, -0.15) is 0 Å². The zero-order chi connectivity index (χ0) is 46.0. The fourth-order valence-corrected chi connectivity index (χ4v) is 9.49. The van der Waals surface area contributed by atoms with Crippen LogP contribution in [0.25, 0.3) is 0 Å². The molecule has 0 atom stereocenters. The highest BCUT2D eigenvalue weighted by Crippen LogP contribution is 2.19. The van der Waals surface area contributed by atoms with E-state index in [-0.39, 0.29) is 0 Å². The molecule has 58 heavy (non-hydrogen) atoms. The summed E-state index contributed by atoms with van der Waals surface area (Å²) in [6.07, 6.45) is -34.5. The Labute approximate surface area is 407 Å². The average Bonchev–Trinajstić information content (AvgIpc) is 3.01. The van der Waals surface area contributed by atoms with Gasteiger partial charge in [-0.05, 0) is 0 Å². The van der Waals surface area contributed by atoms with Crippen LogP contribution in [0.3, 0.4) is 0 Å². The zero-order valence-corrected chi connectivity index (χ0v) is 33.5. The molecule has 0 unspecified atom stereocenters. The van der Waals surface area contributed by atoms with Crippen molar-refractivity contribution in [2.45, 2.75) is 0 Å². The van der Waals surface area contributed by atoms with E-state index in [1.165, 1.54) is 7.06 Å². The Morgan fingerprint density at radius 2 is 0.328 bits per heavy atom. The molecule has 0 aromatic heterocycles. The summed E-state index contributed by atoms with van der Waals surface area (Å²) in [5.41, 5.74) is 0. The second-order valence-electron chi connectivity index (χ2n) is 16.0. The van der Waals surface area contributed by atoms with Crippen LogP contribution >= 0.6 is 0 Å². The molecule has 0 aromatic rings. The van der Waals surface area contributed by atoms with Crippen LogP contribution in [-0.2, 0) is 0 Å². The van der Waals surface area contributed by atoms with E-state index in [9.17, 15) is 0 Å². The maximum atomic E-state index is 6.65. The van der Waals surface area contributed by atoms with Crippen molar-refractivity contribution in [3.05, 3.63) is 0 Å². The van der Waals surface area contributed by atoms with Gasteiger partial charge in [-0.25, -0.2) is 0 Å². The van der Waals surface area contributed by atoms with Crippen LogP contribution in [0.5, 0.6) is 0 Å². The Hall–Kier alpha value is 3.77. The van der Waals surface area contributed by atoms with E-state index in [2.05, 4.69) is 0 Å². The molecule has 60 radical (unpaired) electrons. The Kier molecular flexibility index (Phi) is 30.7. The average molecular weight is 627 g/mol. The van der Waals surface area contributed by atoms with Crippen LogP contribution in [0, 0.1) is 0 Å². The Morgan fingerprint density at radius 1 is 0.172 bits per heavy atom. The molecule has 0 aromatic carbocycles. The largest absolute Gasteiger partial charge is 0 e. The molecule has 0 heterocycles. The summed E-state index contributed by atoms with van der Waals surface area (Å²) in [7, 11) is 190. The topological polar surface area (TPSA) is 0 Å². The van der Waals surface area contributed by atoms with Crippen molar-refractivity contribution in [3.63, 3.8) is 0 Å². The van der Waals surface area contributed by atoms with Crippen molar-refractivity contribution >= 4 is 411 Å².